The van der Waals surface area contributed by atoms with E-state index < -0.39 is 48.6 Å². The molecule has 7 nitrogen and oxygen atoms in total. The molecule has 0 saturated carbocycles. The molecule has 26 heavy (non-hydrogen) atoms. The van der Waals surface area contributed by atoms with Gasteiger partial charge in [-0.2, -0.15) is 11.8 Å². The Bertz CT molecular complexity index is 634. The number of aliphatic carboxylic acids is 1. The molecule has 2 unspecified atom stereocenters. The van der Waals surface area contributed by atoms with Crippen molar-refractivity contribution in [3.05, 3.63) is 35.9 Å². The van der Waals surface area contributed by atoms with Crippen LogP contribution in [0.3, 0.4) is 0 Å². The van der Waals surface area contributed by atoms with E-state index in [4.69, 9.17) is 5.11 Å². The lowest BCUT2D eigenvalue weighted by atomic mass is 10.1. The number of rotatable bonds is 11. The molecule has 0 aromatic heterocycles. The number of carbonyl (C=O) groups excluding carboxylic acids is 3. The Hall–Kier alpha value is -2.35. The number of carboxylic acids is 1. The highest BCUT2D eigenvalue weighted by molar-refractivity contribution is 7.98. The number of hydrogen-bond donors (Lipinski definition) is 2. The van der Waals surface area contributed by atoms with E-state index >= 15 is 0 Å². The van der Waals surface area contributed by atoms with Gasteiger partial charge in [-0.05, 0) is 5.56 Å². The summed E-state index contributed by atoms with van der Waals surface area (Å²) in [6.45, 7) is 2.29. The smallest absolute Gasteiger partial charge is 0.305 e. The van der Waals surface area contributed by atoms with Crippen LogP contribution in [0.1, 0.15) is 25.8 Å². The summed E-state index contributed by atoms with van der Waals surface area (Å²) in [5, 5.41) is 11.4. The standard InChI is InChI=1S/C18H23NO6S/c1-12(10-26-11-14-6-4-3-5-7-14)18(24)19-15(8-17(22)23)16(21)9-25-13(2)20/h3-7,12,15H,8-11H2,1-2H3,(H,19,24)(H,22,23). The number of nitrogens with one attached hydrogen (secondary N) is 1. The van der Waals surface area contributed by atoms with E-state index in [1.54, 1.807) is 18.7 Å². The van der Waals surface area contributed by atoms with Gasteiger partial charge in [0.05, 0.1) is 6.42 Å². The third kappa shape index (κ3) is 8.66. The summed E-state index contributed by atoms with van der Waals surface area (Å²) < 4.78 is 4.59. The van der Waals surface area contributed by atoms with E-state index in [0.717, 1.165) is 18.2 Å². The minimum Gasteiger partial charge on any atom is -0.481 e. The minimum absolute atomic E-state index is 0.401. The van der Waals surface area contributed by atoms with Gasteiger partial charge >= 0.3 is 11.9 Å². The van der Waals surface area contributed by atoms with Gasteiger partial charge in [0.1, 0.15) is 6.04 Å². The summed E-state index contributed by atoms with van der Waals surface area (Å²) in [5.74, 6) is -2.06. The second-order valence-electron chi connectivity index (χ2n) is 5.81. The Labute approximate surface area is 156 Å². The van der Waals surface area contributed by atoms with E-state index in [1.165, 1.54) is 0 Å². The molecule has 2 atom stereocenters. The Morgan fingerprint density at radius 3 is 2.42 bits per heavy atom. The van der Waals surface area contributed by atoms with Gasteiger partial charge in [0.15, 0.2) is 12.4 Å². The first-order valence-electron chi connectivity index (χ1n) is 8.09. The topological polar surface area (TPSA) is 110 Å². The molecule has 142 valence electrons. The SMILES string of the molecule is CC(=O)OCC(=O)C(CC(=O)O)NC(=O)C(C)CSCc1ccccc1. The van der Waals surface area contributed by atoms with Crippen LogP contribution in [0.15, 0.2) is 30.3 Å². The van der Waals surface area contributed by atoms with Gasteiger partial charge in [0.25, 0.3) is 0 Å². The van der Waals surface area contributed by atoms with Crippen molar-refractivity contribution in [2.45, 2.75) is 32.1 Å². The number of carboxylic acid groups (broad SMARTS) is 1. The molecule has 0 saturated heterocycles. The van der Waals surface area contributed by atoms with E-state index in [0.29, 0.717) is 5.75 Å². The molecule has 0 radical (unpaired) electrons. The minimum atomic E-state index is -1.22. The first-order chi connectivity index (χ1) is 12.3. The Morgan fingerprint density at radius 1 is 1.19 bits per heavy atom. The zero-order chi connectivity index (χ0) is 19.5. The molecular weight excluding hydrogens is 358 g/mol. The fraction of sp³-hybridized carbons (Fsp3) is 0.444. The van der Waals surface area contributed by atoms with Crippen molar-refractivity contribution in [2.24, 2.45) is 5.92 Å². The number of ether oxygens (including phenoxy) is 1. The summed E-state index contributed by atoms with van der Waals surface area (Å²) in [5.41, 5.74) is 1.14. The Balaban J connectivity index is 2.51. The first-order valence-corrected chi connectivity index (χ1v) is 9.25. The highest BCUT2D eigenvalue weighted by atomic mass is 32.2. The van der Waals surface area contributed by atoms with Crippen LogP contribution >= 0.6 is 11.8 Å². The molecule has 1 aromatic rings. The van der Waals surface area contributed by atoms with Crippen molar-refractivity contribution in [1.29, 1.82) is 0 Å². The number of amides is 1. The van der Waals surface area contributed by atoms with E-state index in [9.17, 15) is 19.2 Å². The molecule has 0 aliphatic heterocycles. The van der Waals surface area contributed by atoms with Crippen LogP contribution in [0.25, 0.3) is 0 Å². The number of benzene rings is 1. The van der Waals surface area contributed by atoms with Crippen molar-refractivity contribution >= 4 is 35.4 Å². The molecule has 1 amide bonds. The van der Waals surface area contributed by atoms with Crippen molar-refractivity contribution in [2.75, 3.05) is 12.4 Å². The number of Topliss-reactive ketones (excluding diaryl/α,β-unsaturated/α-hetero) is 1. The lowest BCUT2D eigenvalue weighted by molar-refractivity contribution is -0.147. The van der Waals surface area contributed by atoms with Gasteiger partial charge in [0, 0.05) is 24.3 Å². The first kappa shape index (κ1) is 21.7. The van der Waals surface area contributed by atoms with Gasteiger partial charge < -0.3 is 15.2 Å². The molecule has 8 heteroatoms. The lowest BCUT2D eigenvalue weighted by Gasteiger charge is -2.18. The highest BCUT2D eigenvalue weighted by Gasteiger charge is 2.26. The van der Waals surface area contributed by atoms with Crippen LogP contribution in [-0.4, -0.2) is 47.1 Å². The fourth-order valence-corrected chi connectivity index (χ4v) is 3.06. The summed E-state index contributed by atoms with van der Waals surface area (Å²) in [7, 11) is 0. The van der Waals surface area contributed by atoms with E-state index in [1.807, 2.05) is 30.3 Å². The Morgan fingerprint density at radius 2 is 1.85 bits per heavy atom. The maximum absolute atomic E-state index is 12.2. The van der Waals surface area contributed by atoms with Gasteiger partial charge in [-0.1, -0.05) is 37.3 Å². The molecule has 0 bridgehead atoms. The average Bonchev–Trinajstić information content (AvgIpc) is 2.59. The third-order valence-electron chi connectivity index (χ3n) is 3.43. The zero-order valence-corrected chi connectivity index (χ0v) is 15.6. The van der Waals surface area contributed by atoms with Crippen LogP contribution in [0, 0.1) is 5.92 Å². The van der Waals surface area contributed by atoms with Gasteiger partial charge in [-0.3, -0.25) is 19.2 Å². The third-order valence-corrected chi connectivity index (χ3v) is 4.70. The predicted octanol–water partition coefficient (Wildman–Crippen LogP) is 1.65. The normalized spacial score (nSPS) is 12.7. The molecule has 1 rings (SSSR count). The molecule has 0 heterocycles. The van der Waals surface area contributed by atoms with Gasteiger partial charge in [-0.15, -0.1) is 0 Å². The zero-order valence-electron chi connectivity index (χ0n) is 14.8. The maximum atomic E-state index is 12.2. The van der Waals surface area contributed by atoms with Crippen molar-refractivity contribution in [1.82, 2.24) is 5.32 Å². The van der Waals surface area contributed by atoms with Crippen molar-refractivity contribution in [3.63, 3.8) is 0 Å². The summed E-state index contributed by atoms with van der Waals surface area (Å²) in [6.07, 6.45) is -0.560. The molecule has 2 N–H and O–H groups in total. The summed E-state index contributed by atoms with van der Waals surface area (Å²) in [6, 6.07) is 8.58. The Kier molecular flexibility index (Phi) is 9.43. The number of carbonyl (C=O) groups is 4. The molecule has 0 aliphatic carbocycles. The van der Waals surface area contributed by atoms with Crippen molar-refractivity contribution < 1.29 is 29.0 Å². The number of hydrogen-bond acceptors (Lipinski definition) is 6. The second kappa shape index (κ2) is 11.3. The second-order valence-corrected chi connectivity index (χ2v) is 6.84. The van der Waals surface area contributed by atoms with Gasteiger partial charge in [0.2, 0.25) is 5.91 Å². The molecular formula is C18H23NO6S. The predicted molar refractivity (Wildman–Crippen MR) is 97.6 cm³/mol. The van der Waals surface area contributed by atoms with E-state index in [-0.39, 0.29) is 0 Å². The number of ketones is 1. The van der Waals surface area contributed by atoms with Crippen LogP contribution in [0.2, 0.25) is 0 Å². The monoisotopic (exact) mass is 381 g/mol. The quantitative estimate of drug-likeness (QED) is 0.561. The lowest BCUT2D eigenvalue weighted by Crippen LogP contribution is -2.46. The van der Waals surface area contributed by atoms with Crippen LogP contribution < -0.4 is 5.32 Å². The maximum Gasteiger partial charge on any atom is 0.305 e. The molecule has 1 aromatic carbocycles. The van der Waals surface area contributed by atoms with Crippen LogP contribution in [0.5, 0.6) is 0 Å². The highest BCUT2D eigenvalue weighted by Crippen LogP contribution is 2.15. The van der Waals surface area contributed by atoms with Crippen LogP contribution in [-0.2, 0) is 29.7 Å². The largest absolute Gasteiger partial charge is 0.481 e. The summed E-state index contributed by atoms with van der Waals surface area (Å²) >= 11 is 1.57. The van der Waals surface area contributed by atoms with Crippen molar-refractivity contribution in [3.8, 4) is 0 Å². The molecule has 0 aliphatic rings. The van der Waals surface area contributed by atoms with Crippen LogP contribution in [0.4, 0.5) is 0 Å². The van der Waals surface area contributed by atoms with Gasteiger partial charge in [-0.25, -0.2) is 0 Å². The average molecular weight is 381 g/mol. The number of esters is 1. The van der Waals surface area contributed by atoms with E-state index in [2.05, 4.69) is 10.1 Å². The summed E-state index contributed by atoms with van der Waals surface area (Å²) in [4.78, 5) is 45.9. The number of thioether (sulfide) groups is 1. The molecule has 0 fully saturated rings. The molecule has 0 spiro atoms. The fourth-order valence-electron chi connectivity index (χ4n) is 2.01.